The van der Waals surface area contributed by atoms with E-state index in [1.54, 1.807) is 0 Å². The molecular weight excluding hydrogens is 243 g/mol. The van der Waals surface area contributed by atoms with Crippen molar-refractivity contribution in [2.24, 2.45) is 0 Å². The van der Waals surface area contributed by atoms with E-state index in [0.717, 1.165) is 16.7 Å². The molecule has 8 heteroatoms. The van der Waals surface area contributed by atoms with Crippen molar-refractivity contribution in [1.82, 2.24) is 9.55 Å². The monoisotopic (exact) mass is 250 g/mol. The molecule has 1 heterocycles. The average Bonchev–Trinajstić information content (AvgIpc) is 2.85. The molecule has 18 heavy (non-hydrogen) atoms. The molecule has 2 rings (SSSR count). The first-order chi connectivity index (χ1) is 8.58. The van der Waals surface area contributed by atoms with E-state index < -0.39 is 22.5 Å². The first-order valence-corrected chi connectivity index (χ1v) is 4.81. The molecular formula is C10H7FN4O3. The molecule has 0 aliphatic rings. The minimum Gasteiger partial charge on any atom is -0.307 e. The number of benzene rings is 1. The Kier molecular flexibility index (Phi) is 3.00. The number of carbonyl (C=O) groups excluding carboxylic acids is 1. The van der Waals surface area contributed by atoms with Crippen LogP contribution in [0.15, 0.2) is 36.9 Å². The summed E-state index contributed by atoms with van der Waals surface area (Å²) >= 11 is 0. The Bertz CT molecular complexity index is 597. The van der Waals surface area contributed by atoms with Crippen LogP contribution in [-0.4, -0.2) is 20.5 Å². The van der Waals surface area contributed by atoms with Gasteiger partial charge < -0.3 is 5.32 Å². The molecule has 7 nitrogen and oxygen atoms in total. The highest BCUT2D eigenvalue weighted by Crippen LogP contribution is 2.21. The van der Waals surface area contributed by atoms with E-state index in [-0.39, 0.29) is 5.69 Å². The number of halogens is 1. The molecule has 0 radical (unpaired) electrons. The number of carbonyl (C=O) groups is 1. The normalized spacial score (nSPS) is 10.1. The largest absolute Gasteiger partial charge is 0.331 e. The third kappa shape index (κ3) is 2.32. The van der Waals surface area contributed by atoms with Crippen molar-refractivity contribution in [2.75, 3.05) is 5.32 Å². The average molecular weight is 250 g/mol. The van der Waals surface area contributed by atoms with Gasteiger partial charge in [-0.15, -0.1) is 0 Å². The molecule has 0 spiro atoms. The van der Waals surface area contributed by atoms with Gasteiger partial charge in [-0.25, -0.2) is 9.78 Å². The van der Waals surface area contributed by atoms with Crippen LogP contribution in [-0.2, 0) is 0 Å². The molecule has 0 fully saturated rings. The highest BCUT2D eigenvalue weighted by molar-refractivity contribution is 5.91. The number of hydrogen-bond donors (Lipinski definition) is 1. The number of anilines is 1. The maximum absolute atomic E-state index is 13.1. The molecule has 1 aromatic carbocycles. The van der Waals surface area contributed by atoms with Crippen LogP contribution in [0.1, 0.15) is 0 Å². The Balaban J connectivity index is 2.22. The van der Waals surface area contributed by atoms with Crippen LogP contribution in [0.4, 0.5) is 20.6 Å². The summed E-state index contributed by atoms with van der Waals surface area (Å²) in [7, 11) is 0. The molecule has 1 amide bonds. The number of amides is 1. The van der Waals surface area contributed by atoms with Crippen LogP contribution in [0.2, 0.25) is 0 Å². The quantitative estimate of drug-likeness (QED) is 0.652. The molecule has 1 aromatic heterocycles. The van der Waals surface area contributed by atoms with Crippen LogP contribution in [0.5, 0.6) is 0 Å². The fourth-order valence-corrected chi connectivity index (χ4v) is 1.30. The minimum atomic E-state index is -0.958. The van der Waals surface area contributed by atoms with Crippen LogP contribution >= 0.6 is 0 Å². The van der Waals surface area contributed by atoms with E-state index in [1.807, 2.05) is 0 Å². The van der Waals surface area contributed by atoms with Crippen molar-refractivity contribution in [2.45, 2.75) is 0 Å². The third-order valence-corrected chi connectivity index (χ3v) is 2.13. The highest BCUT2D eigenvalue weighted by atomic mass is 19.1. The van der Waals surface area contributed by atoms with E-state index in [0.29, 0.717) is 0 Å². The molecule has 0 aliphatic carbocycles. The summed E-state index contributed by atoms with van der Waals surface area (Å²) in [6.07, 6.45) is 4.09. The summed E-state index contributed by atoms with van der Waals surface area (Å²) < 4.78 is 14.2. The number of nitro benzene ring substituents is 1. The molecule has 0 unspecified atom stereocenters. The number of nitrogens with one attached hydrogen (secondary N) is 1. The fraction of sp³-hybridized carbons (Fsp3) is 0. The minimum absolute atomic E-state index is 0.127. The van der Waals surface area contributed by atoms with Crippen molar-refractivity contribution in [3.8, 4) is 0 Å². The van der Waals surface area contributed by atoms with Crippen LogP contribution in [0, 0.1) is 15.9 Å². The number of nitrogens with zero attached hydrogens (tertiary/aromatic N) is 3. The summed E-state index contributed by atoms with van der Waals surface area (Å²) in [5.41, 5.74) is -0.569. The Hall–Kier alpha value is -2.77. The van der Waals surface area contributed by atoms with Crippen LogP contribution in [0.25, 0.3) is 0 Å². The molecule has 0 atom stereocenters. The number of aromatic nitrogens is 2. The molecule has 1 N–H and O–H groups in total. The summed E-state index contributed by atoms with van der Waals surface area (Å²) in [6.45, 7) is 0. The maximum Gasteiger partial charge on any atom is 0.331 e. The van der Waals surface area contributed by atoms with E-state index in [1.165, 1.54) is 24.8 Å². The number of rotatable bonds is 2. The zero-order valence-corrected chi connectivity index (χ0v) is 8.91. The summed E-state index contributed by atoms with van der Waals surface area (Å²) in [5, 5.41) is 12.9. The maximum atomic E-state index is 13.1. The molecule has 0 aliphatic heterocycles. The second-order valence-electron chi connectivity index (χ2n) is 3.32. The van der Waals surface area contributed by atoms with E-state index in [9.17, 15) is 19.3 Å². The van der Waals surface area contributed by atoms with Gasteiger partial charge in [-0.2, -0.15) is 4.39 Å². The fourth-order valence-electron chi connectivity index (χ4n) is 1.30. The summed E-state index contributed by atoms with van der Waals surface area (Å²) in [4.78, 5) is 24.9. The molecule has 0 bridgehead atoms. The molecule has 2 aromatic rings. The smallest absolute Gasteiger partial charge is 0.307 e. The van der Waals surface area contributed by atoms with Crippen LogP contribution in [0.3, 0.4) is 0 Å². The second kappa shape index (κ2) is 4.62. The van der Waals surface area contributed by atoms with E-state index >= 15 is 0 Å². The molecule has 0 saturated carbocycles. The predicted octanol–water partition coefficient (Wildman–Crippen LogP) is 2.01. The van der Waals surface area contributed by atoms with Crippen molar-refractivity contribution in [3.63, 3.8) is 0 Å². The lowest BCUT2D eigenvalue weighted by Gasteiger charge is -2.05. The highest BCUT2D eigenvalue weighted by Gasteiger charge is 2.15. The standard InChI is InChI=1S/C10H7FN4O3/c11-8-2-1-7(5-9(8)15(17)18)13-10(16)14-4-3-12-6-14/h1-6H,(H,13,16). The Labute approximate surface area is 100 Å². The van der Waals surface area contributed by atoms with Gasteiger partial charge >= 0.3 is 11.7 Å². The van der Waals surface area contributed by atoms with Gasteiger partial charge in [0.15, 0.2) is 0 Å². The van der Waals surface area contributed by atoms with Crippen molar-refractivity contribution >= 4 is 17.4 Å². The zero-order valence-electron chi connectivity index (χ0n) is 8.91. The third-order valence-electron chi connectivity index (χ3n) is 2.13. The van der Waals surface area contributed by atoms with Gasteiger partial charge in [0.1, 0.15) is 6.33 Å². The lowest BCUT2D eigenvalue weighted by Crippen LogP contribution is -2.17. The predicted molar refractivity (Wildman–Crippen MR) is 59.7 cm³/mol. The number of nitro groups is 1. The number of imidazole rings is 1. The van der Waals surface area contributed by atoms with E-state index in [4.69, 9.17) is 0 Å². The SMILES string of the molecule is O=C(Nc1ccc(F)c([N+](=O)[O-])c1)n1ccnc1. The van der Waals surface area contributed by atoms with E-state index in [2.05, 4.69) is 10.3 Å². The van der Waals surface area contributed by atoms with Crippen molar-refractivity contribution in [1.29, 1.82) is 0 Å². The lowest BCUT2D eigenvalue weighted by atomic mass is 10.2. The Morgan fingerprint density at radius 3 is 2.89 bits per heavy atom. The lowest BCUT2D eigenvalue weighted by molar-refractivity contribution is -0.387. The Morgan fingerprint density at radius 1 is 1.50 bits per heavy atom. The van der Waals surface area contributed by atoms with Crippen LogP contribution < -0.4 is 5.32 Å². The van der Waals surface area contributed by atoms with Crippen molar-refractivity contribution in [3.05, 3.63) is 52.9 Å². The Morgan fingerprint density at radius 2 is 2.28 bits per heavy atom. The van der Waals surface area contributed by atoms with Gasteiger partial charge in [0.2, 0.25) is 5.82 Å². The van der Waals surface area contributed by atoms with Gasteiger partial charge in [-0.3, -0.25) is 14.7 Å². The van der Waals surface area contributed by atoms with Gasteiger partial charge in [0.25, 0.3) is 0 Å². The summed E-state index contributed by atoms with van der Waals surface area (Å²) in [5.74, 6) is -0.958. The summed E-state index contributed by atoms with van der Waals surface area (Å²) in [6, 6.07) is 2.55. The van der Waals surface area contributed by atoms with Gasteiger partial charge in [0, 0.05) is 24.1 Å². The topological polar surface area (TPSA) is 90.1 Å². The van der Waals surface area contributed by atoms with Gasteiger partial charge in [-0.1, -0.05) is 0 Å². The zero-order chi connectivity index (χ0) is 13.1. The van der Waals surface area contributed by atoms with Gasteiger partial charge in [0.05, 0.1) is 4.92 Å². The number of hydrogen-bond acceptors (Lipinski definition) is 4. The molecule has 92 valence electrons. The first-order valence-electron chi connectivity index (χ1n) is 4.81. The van der Waals surface area contributed by atoms with Gasteiger partial charge in [-0.05, 0) is 12.1 Å². The first kappa shape index (κ1) is 11.7. The second-order valence-corrected chi connectivity index (χ2v) is 3.32. The van der Waals surface area contributed by atoms with Crippen molar-refractivity contribution < 1.29 is 14.1 Å². The molecule has 0 saturated heterocycles.